The van der Waals surface area contributed by atoms with Gasteiger partial charge in [0.1, 0.15) is 6.54 Å². The second kappa shape index (κ2) is 5.35. The first kappa shape index (κ1) is 11.5. The lowest BCUT2D eigenvalue weighted by atomic mass is 10.3. The Hall–Kier alpha value is -0.560. The van der Waals surface area contributed by atoms with Gasteiger partial charge in [0.15, 0.2) is 0 Å². The molecule has 4 nitrogen and oxygen atoms in total. The third kappa shape index (κ3) is 2.98. The van der Waals surface area contributed by atoms with Crippen LogP contribution in [0.2, 0.25) is 0 Å². The molecule has 0 N–H and O–H groups in total. The summed E-state index contributed by atoms with van der Waals surface area (Å²) in [6.07, 6.45) is -0.987. The molecule has 1 heterocycles. The molecule has 14 heavy (non-hydrogen) atoms. The first-order valence-corrected chi connectivity index (χ1v) is 4.86. The normalized spacial score (nSPS) is 13.5. The Morgan fingerprint density at radius 3 is 2.93 bits per heavy atom. The Kier molecular flexibility index (Phi) is 4.40. The molecule has 0 aliphatic rings. The third-order valence-corrected chi connectivity index (χ3v) is 2.33. The summed E-state index contributed by atoms with van der Waals surface area (Å²) in [5.41, 5.74) is 0.590. The predicted octanol–water partition coefficient (Wildman–Crippen LogP) is 1.63. The van der Waals surface area contributed by atoms with Crippen LogP contribution < -0.4 is 0 Å². The maximum Gasteiger partial charge on any atom is 0.257 e. The van der Waals surface area contributed by atoms with Crippen LogP contribution >= 0.6 is 15.9 Å². The van der Waals surface area contributed by atoms with Gasteiger partial charge in [0, 0.05) is 7.11 Å². The van der Waals surface area contributed by atoms with Crippen molar-refractivity contribution in [3.05, 3.63) is 11.9 Å². The molecule has 0 spiro atoms. The molecule has 0 saturated carbocycles. The molecule has 0 radical (unpaired) electrons. The number of rotatable bonds is 5. The van der Waals surface area contributed by atoms with Crippen LogP contribution in [0.4, 0.5) is 8.78 Å². The lowest BCUT2D eigenvalue weighted by Crippen LogP contribution is -2.14. The quantitative estimate of drug-likeness (QED) is 0.763. The lowest BCUT2D eigenvalue weighted by molar-refractivity contribution is 0.118. The summed E-state index contributed by atoms with van der Waals surface area (Å²) in [6.45, 7) is -0.0578. The van der Waals surface area contributed by atoms with Gasteiger partial charge >= 0.3 is 0 Å². The van der Waals surface area contributed by atoms with Gasteiger partial charge in [-0.1, -0.05) is 21.1 Å². The molecule has 0 fully saturated rings. The topological polar surface area (TPSA) is 39.9 Å². The molecule has 7 heteroatoms. The van der Waals surface area contributed by atoms with E-state index >= 15 is 0 Å². The van der Waals surface area contributed by atoms with Crippen molar-refractivity contribution in [3.8, 4) is 0 Å². The van der Waals surface area contributed by atoms with E-state index in [-0.39, 0.29) is 4.83 Å². The van der Waals surface area contributed by atoms with E-state index in [1.807, 2.05) is 0 Å². The smallest absolute Gasteiger partial charge is 0.257 e. The van der Waals surface area contributed by atoms with Crippen LogP contribution in [0, 0.1) is 0 Å². The number of hydrogen-bond acceptors (Lipinski definition) is 3. The van der Waals surface area contributed by atoms with Crippen molar-refractivity contribution in [1.82, 2.24) is 15.0 Å². The minimum atomic E-state index is -2.43. The minimum Gasteiger partial charge on any atom is -0.383 e. The van der Waals surface area contributed by atoms with Crippen LogP contribution in [0.3, 0.4) is 0 Å². The van der Waals surface area contributed by atoms with E-state index in [9.17, 15) is 8.78 Å². The average molecular weight is 270 g/mol. The fourth-order valence-corrected chi connectivity index (χ4v) is 1.63. The Balaban J connectivity index is 2.70. The van der Waals surface area contributed by atoms with Crippen LogP contribution in [-0.4, -0.2) is 35.1 Å². The molecule has 80 valence electrons. The number of ether oxygens (including phenoxy) is 1. The maximum absolute atomic E-state index is 12.1. The minimum absolute atomic E-state index is 0.166. The van der Waals surface area contributed by atoms with Gasteiger partial charge in [-0.05, 0) is 0 Å². The molecule has 0 aromatic carbocycles. The van der Waals surface area contributed by atoms with Crippen LogP contribution in [0.15, 0.2) is 6.20 Å². The van der Waals surface area contributed by atoms with Gasteiger partial charge in [0.2, 0.25) is 0 Å². The van der Waals surface area contributed by atoms with Crippen molar-refractivity contribution >= 4 is 15.9 Å². The SMILES string of the molecule is COCC(Br)c1cnnn1CC(F)F. The van der Waals surface area contributed by atoms with E-state index in [0.29, 0.717) is 12.3 Å². The number of halogens is 3. The van der Waals surface area contributed by atoms with Gasteiger partial charge in [-0.15, -0.1) is 5.10 Å². The van der Waals surface area contributed by atoms with E-state index in [1.165, 1.54) is 18.0 Å². The number of methoxy groups -OCH3 is 1. The van der Waals surface area contributed by atoms with E-state index < -0.39 is 13.0 Å². The Morgan fingerprint density at radius 1 is 1.64 bits per heavy atom. The molecule has 1 rings (SSSR count). The van der Waals surface area contributed by atoms with Crippen LogP contribution in [0.1, 0.15) is 10.5 Å². The molecule has 0 saturated heterocycles. The van der Waals surface area contributed by atoms with Gasteiger partial charge < -0.3 is 4.74 Å². The highest BCUT2D eigenvalue weighted by atomic mass is 79.9. The van der Waals surface area contributed by atoms with Gasteiger partial charge in [0.25, 0.3) is 6.43 Å². The van der Waals surface area contributed by atoms with E-state index in [4.69, 9.17) is 4.74 Å². The van der Waals surface area contributed by atoms with Crippen molar-refractivity contribution in [2.75, 3.05) is 13.7 Å². The van der Waals surface area contributed by atoms with Gasteiger partial charge in [-0.3, -0.25) is 0 Å². The van der Waals surface area contributed by atoms with Crippen molar-refractivity contribution in [2.45, 2.75) is 17.8 Å². The second-order valence-corrected chi connectivity index (χ2v) is 3.76. The zero-order valence-corrected chi connectivity index (χ0v) is 9.12. The van der Waals surface area contributed by atoms with Gasteiger partial charge in [-0.25, -0.2) is 13.5 Å². The molecular formula is C7H10BrF2N3O. The zero-order chi connectivity index (χ0) is 10.6. The van der Waals surface area contributed by atoms with Gasteiger partial charge in [0.05, 0.1) is 23.3 Å². The lowest BCUT2D eigenvalue weighted by Gasteiger charge is -2.10. The maximum atomic E-state index is 12.1. The van der Waals surface area contributed by atoms with Crippen LogP contribution in [0.25, 0.3) is 0 Å². The molecular weight excluding hydrogens is 260 g/mol. The first-order valence-electron chi connectivity index (χ1n) is 3.94. The number of hydrogen-bond donors (Lipinski definition) is 0. The average Bonchev–Trinajstić information content (AvgIpc) is 2.51. The van der Waals surface area contributed by atoms with Crippen molar-refractivity contribution in [3.63, 3.8) is 0 Å². The molecule has 0 amide bonds. The summed E-state index contributed by atoms with van der Waals surface area (Å²) in [4.78, 5) is -0.166. The molecule has 1 aromatic heterocycles. The highest BCUT2D eigenvalue weighted by Crippen LogP contribution is 2.21. The van der Waals surface area contributed by atoms with Crippen molar-refractivity contribution in [1.29, 1.82) is 0 Å². The predicted molar refractivity (Wildman–Crippen MR) is 49.6 cm³/mol. The molecule has 0 bridgehead atoms. The molecule has 0 aliphatic heterocycles. The molecule has 1 unspecified atom stereocenters. The third-order valence-electron chi connectivity index (χ3n) is 1.59. The summed E-state index contributed by atoms with van der Waals surface area (Å²) < 4.78 is 30.2. The number of aromatic nitrogens is 3. The van der Waals surface area contributed by atoms with E-state index in [1.54, 1.807) is 0 Å². The van der Waals surface area contributed by atoms with Crippen molar-refractivity contribution in [2.24, 2.45) is 0 Å². The van der Waals surface area contributed by atoms with Gasteiger partial charge in [-0.2, -0.15) is 0 Å². The molecule has 1 atom stereocenters. The summed E-state index contributed by atoms with van der Waals surface area (Å²) in [6, 6.07) is 0. The zero-order valence-electron chi connectivity index (χ0n) is 7.53. The standard InChI is InChI=1S/C7H10BrF2N3O/c1-14-4-5(8)6-2-11-12-13(6)3-7(9)10/h2,5,7H,3-4H2,1H3. The fourth-order valence-electron chi connectivity index (χ4n) is 1.01. The highest BCUT2D eigenvalue weighted by Gasteiger charge is 2.16. The van der Waals surface area contributed by atoms with Crippen LogP contribution in [-0.2, 0) is 11.3 Å². The Morgan fingerprint density at radius 2 is 2.36 bits per heavy atom. The fraction of sp³-hybridized carbons (Fsp3) is 0.714. The van der Waals surface area contributed by atoms with E-state index in [2.05, 4.69) is 26.2 Å². The molecule has 1 aromatic rings. The Bertz CT molecular complexity index is 282. The summed E-state index contributed by atoms with van der Waals surface area (Å²) in [7, 11) is 1.54. The number of nitrogens with zero attached hydrogens (tertiary/aromatic N) is 3. The Labute approximate surface area is 88.4 Å². The molecule has 0 aliphatic carbocycles. The highest BCUT2D eigenvalue weighted by molar-refractivity contribution is 9.09. The monoisotopic (exact) mass is 269 g/mol. The van der Waals surface area contributed by atoms with Crippen molar-refractivity contribution < 1.29 is 13.5 Å². The number of alkyl halides is 3. The van der Waals surface area contributed by atoms with E-state index in [0.717, 1.165) is 0 Å². The summed E-state index contributed by atoms with van der Waals surface area (Å²) in [5.74, 6) is 0. The first-order chi connectivity index (χ1) is 6.65. The summed E-state index contributed by atoms with van der Waals surface area (Å²) in [5, 5.41) is 7.13. The summed E-state index contributed by atoms with van der Waals surface area (Å²) >= 11 is 3.30. The second-order valence-electron chi connectivity index (χ2n) is 2.65. The van der Waals surface area contributed by atoms with Crippen LogP contribution in [0.5, 0.6) is 0 Å². The largest absolute Gasteiger partial charge is 0.383 e.